The summed E-state index contributed by atoms with van der Waals surface area (Å²) in [6.07, 6.45) is 0.882. The van der Waals surface area contributed by atoms with E-state index >= 15 is 0 Å². The molecule has 1 aromatic rings. The maximum atomic E-state index is 11.1. The van der Waals surface area contributed by atoms with Crippen LogP contribution in [0.25, 0.3) is 0 Å². The van der Waals surface area contributed by atoms with Crippen LogP contribution in [0.2, 0.25) is 5.02 Å². The van der Waals surface area contributed by atoms with E-state index in [-0.39, 0.29) is 6.04 Å². The average Bonchev–Trinajstić information content (AvgIpc) is 2.31. The van der Waals surface area contributed by atoms with Crippen molar-refractivity contribution in [3.63, 3.8) is 0 Å². The van der Waals surface area contributed by atoms with Crippen LogP contribution < -0.4 is 10.5 Å². The molecule has 19 heavy (non-hydrogen) atoms. The number of hydrogen-bond acceptors (Lipinski definition) is 3. The molecule has 0 aliphatic heterocycles. The van der Waals surface area contributed by atoms with Crippen LogP contribution in [0, 0.1) is 0 Å². The Labute approximate surface area is 118 Å². The van der Waals surface area contributed by atoms with Crippen molar-refractivity contribution in [2.45, 2.75) is 45.3 Å². The number of carboxylic acids is 1. The molecule has 2 unspecified atom stereocenters. The van der Waals surface area contributed by atoms with Crippen molar-refractivity contribution >= 4 is 17.6 Å². The second-order valence-corrected chi connectivity index (χ2v) is 5.05. The maximum absolute atomic E-state index is 11.1. The van der Waals surface area contributed by atoms with Crippen LogP contribution in [0.4, 0.5) is 0 Å². The van der Waals surface area contributed by atoms with Gasteiger partial charge in [0.15, 0.2) is 6.10 Å². The van der Waals surface area contributed by atoms with E-state index in [1.807, 2.05) is 26.0 Å². The summed E-state index contributed by atoms with van der Waals surface area (Å²) in [4.78, 5) is 11.1. The molecule has 2 atom stereocenters. The van der Waals surface area contributed by atoms with E-state index in [2.05, 4.69) is 0 Å². The number of carboxylic acid groups (broad SMARTS) is 1. The molecule has 0 saturated carbocycles. The van der Waals surface area contributed by atoms with Crippen LogP contribution >= 0.6 is 11.6 Å². The zero-order chi connectivity index (χ0) is 14.4. The van der Waals surface area contributed by atoms with E-state index < -0.39 is 12.1 Å². The van der Waals surface area contributed by atoms with Crippen molar-refractivity contribution < 1.29 is 14.6 Å². The van der Waals surface area contributed by atoms with E-state index in [0.717, 1.165) is 12.0 Å². The standard InChI is InChI=1S/C14H20ClNO3/c1-3-5-12(14(17)18)19-13-10(8-9(2)16)6-4-7-11(13)15/h4,6-7,9,12H,3,5,8,16H2,1-2H3,(H,17,18). The maximum Gasteiger partial charge on any atom is 0.344 e. The Balaban J connectivity index is 3.00. The molecule has 106 valence electrons. The topological polar surface area (TPSA) is 72.5 Å². The van der Waals surface area contributed by atoms with Gasteiger partial charge in [0.05, 0.1) is 5.02 Å². The van der Waals surface area contributed by atoms with Gasteiger partial charge in [-0.1, -0.05) is 37.1 Å². The summed E-state index contributed by atoms with van der Waals surface area (Å²) >= 11 is 6.10. The van der Waals surface area contributed by atoms with E-state index in [4.69, 9.17) is 27.2 Å². The molecule has 0 amide bonds. The van der Waals surface area contributed by atoms with Crippen LogP contribution in [0.5, 0.6) is 5.75 Å². The monoisotopic (exact) mass is 285 g/mol. The van der Waals surface area contributed by atoms with Gasteiger partial charge in [-0.2, -0.15) is 0 Å². The molecule has 3 N–H and O–H groups in total. The largest absolute Gasteiger partial charge is 0.479 e. The van der Waals surface area contributed by atoms with Crippen molar-refractivity contribution in [3.05, 3.63) is 28.8 Å². The highest BCUT2D eigenvalue weighted by atomic mass is 35.5. The first-order valence-electron chi connectivity index (χ1n) is 6.38. The van der Waals surface area contributed by atoms with Crippen LogP contribution in [-0.4, -0.2) is 23.2 Å². The lowest BCUT2D eigenvalue weighted by Gasteiger charge is -2.19. The second kappa shape index (κ2) is 7.36. The third kappa shape index (κ3) is 4.73. The summed E-state index contributed by atoms with van der Waals surface area (Å²) in [5.74, 6) is -0.546. The molecule has 1 aromatic carbocycles. The average molecular weight is 286 g/mol. The van der Waals surface area contributed by atoms with E-state index in [9.17, 15) is 4.79 Å². The van der Waals surface area contributed by atoms with Crippen molar-refractivity contribution in [1.29, 1.82) is 0 Å². The number of aliphatic carboxylic acids is 1. The van der Waals surface area contributed by atoms with Gasteiger partial charge >= 0.3 is 5.97 Å². The summed E-state index contributed by atoms with van der Waals surface area (Å²) in [6, 6.07) is 5.31. The Kier molecular flexibility index (Phi) is 6.12. The van der Waals surface area contributed by atoms with Gasteiger partial charge < -0.3 is 15.6 Å². The van der Waals surface area contributed by atoms with Gasteiger partial charge in [-0.15, -0.1) is 0 Å². The molecule has 0 spiro atoms. The summed E-state index contributed by atoms with van der Waals surface area (Å²) in [7, 11) is 0. The number of carbonyl (C=O) groups is 1. The molecule has 0 fully saturated rings. The number of halogens is 1. The fourth-order valence-corrected chi connectivity index (χ4v) is 2.07. The van der Waals surface area contributed by atoms with Crippen molar-refractivity contribution in [3.8, 4) is 5.75 Å². The number of nitrogens with two attached hydrogens (primary N) is 1. The normalized spacial score (nSPS) is 13.9. The van der Waals surface area contributed by atoms with Crippen molar-refractivity contribution in [2.24, 2.45) is 5.73 Å². The van der Waals surface area contributed by atoms with Gasteiger partial charge in [-0.05, 0) is 31.4 Å². The number of para-hydroxylation sites is 1. The predicted molar refractivity (Wildman–Crippen MR) is 75.8 cm³/mol. The van der Waals surface area contributed by atoms with Gasteiger partial charge in [0.1, 0.15) is 5.75 Å². The first kappa shape index (κ1) is 15.8. The minimum Gasteiger partial charge on any atom is -0.479 e. The lowest BCUT2D eigenvalue weighted by molar-refractivity contribution is -0.145. The molecule has 0 heterocycles. The third-order valence-electron chi connectivity index (χ3n) is 2.68. The number of rotatable bonds is 7. The molecule has 0 aromatic heterocycles. The molecule has 0 saturated heterocycles. The molecule has 0 aliphatic rings. The third-order valence-corrected chi connectivity index (χ3v) is 2.97. The smallest absolute Gasteiger partial charge is 0.344 e. The predicted octanol–water partition coefficient (Wildman–Crippen LogP) is 2.86. The summed E-state index contributed by atoms with van der Waals surface area (Å²) < 4.78 is 5.59. The molecule has 0 bridgehead atoms. The Bertz CT molecular complexity index is 435. The van der Waals surface area contributed by atoms with Crippen LogP contribution in [0.3, 0.4) is 0 Å². The molecule has 4 nitrogen and oxygen atoms in total. The quantitative estimate of drug-likeness (QED) is 0.808. The van der Waals surface area contributed by atoms with Gasteiger partial charge in [0.25, 0.3) is 0 Å². The van der Waals surface area contributed by atoms with Gasteiger partial charge in [0.2, 0.25) is 0 Å². The van der Waals surface area contributed by atoms with Crippen molar-refractivity contribution in [2.75, 3.05) is 0 Å². The highest BCUT2D eigenvalue weighted by molar-refractivity contribution is 6.32. The van der Waals surface area contributed by atoms with Gasteiger partial charge in [-0.25, -0.2) is 4.79 Å². The Hall–Kier alpha value is -1.26. The SMILES string of the molecule is CCCC(Oc1c(Cl)cccc1CC(C)N)C(=O)O. The number of benzene rings is 1. The highest BCUT2D eigenvalue weighted by Crippen LogP contribution is 2.31. The summed E-state index contributed by atoms with van der Waals surface area (Å²) in [5.41, 5.74) is 6.62. The number of hydrogen-bond donors (Lipinski definition) is 2. The second-order valence-electron chi connectivity index (χ2n) is 4.64. The minimum absolute atomic E-state index is 0.0460. The molecular weight excluding hydrogens is 266 g/mol. The van der Waals surface area contributed by atoms with Crippen LogP contribution in [0.15, 0.2) is 18.2 Å². The van der Waals surface area contributed by atoms with Crippen LogP contribution in [0.1, 0.15) is 32.3 Å². The fraction of sp³-hybridized carbons (Fsp3) is 0.500. The van der Waals surface area contributed by atoms with Gasteiger partial charge in [-0.3, -0.25) is 0 Å². The minimum atomic E-state index is -0.978. The Morgan fingerprint density at radius 1 is 1.53 bits per heavy atom. The van der Waals surface area contributed by atoms with E-state index in [0.29, 0.717) is 23.6 Å². The van der Waals surface area contributed by atoms with Crippen molar-refractivity contribution in [1.82, 2.24) is 0 Å². The summed E-state index contributed by atoms with van der Waals surface area (Å²) in [5, 5.41) is 9.55. The van der Waals surface area contributed by atoms with Crippen LogP contribution in [-0.2, 0) is 11.2 Å². The summed E-state index contributed by atoms with van der Waals surface area (Å²) in [6.45, 7) is 3.79. The number of ether oxygens (including phenoxy) is 1. The Morgan fingerprint density at radius 2 is 2.21 bits per heavy atom. The first-order valence-corrected chi connectivity index (χ1v) is 6.76. The van der Waals surface area contributed by atoms with E-state index in [1.54, 1.807) is 6.07 Å². The fourth-order valence-electron chi connectivity index (χ4n) is 1.83. The highest BCUT2D eigenvalue weighted by Gasteiger charge is 2.21. The van der Waals surface area contributed by atoms with E-state index in [1.165, 1.54) is 0 Å². The first-order chi connectivity index (χ1) is 8.95. The molecule has 1 rings (SSSR count). The zero-order valence-corrected chi connectivity index (χ0v) is 12.0. The van der Waals surface area contributed by atoms with Gasteiger partial charge in [0, 0.05) is 6.04 Å². The lowest BCUT2D eigenvalue weighted by atomic mass is 10.1. The molecule has 0 aliphatic carbocycles. The molecule has 5 heteroatoms. The lowest BCUT2D eigenvalue weighted by Crippen LogP contribution is -2.28. The molecule has 0 radical (unpaired) electrons. The molecular formula is C14H20ClNO3. The Morgan fingerprint density at radius 3 is 2.74 bits per heavy atom. The zero-order valence-electron chi connectivity index (χ0n) is 11.2.